The molecule has 164 valence electrons. The Labute approximate surface area is 194 Å². The molecule has 0 aliphatic heterocycles. The molecule has 0 N–H and O–H groups in total. The van der Waals surface area contributed by atoms with E-state index in [1.165, 1.54) is 37.7 Å². The summed E-state index contributed by atoms with van der Waals surface area (Å²) < 4.78 is 1.97. The molecule has 4 nitrogen and oxygen atoms in total. The fourth-order valence-electron chi connectivity index (χ4n) is 3.51. The molecule has 2 aromatic heterocycles. The lowest BCUT2D eigenvalue weighted by Gasteiger charge is -2.09. The number of pyridine rings is 1. The van der Waals surface area contributed by atoms with Crippen LogP contribution in [0.25, 0.3) is 0 Å². The maximum atomic E-state index is 12.4. The molecule has 2 heterocycles. The summed E-state index contributed by atoms with van der Waals surface area (Å²) in [5.41, 5.74) is 2.96. The lowest BCUT2D eigenvalue weighted by Crippen LogP contribution is -2.18. The third kappa shape index (κ3) is 8.15. The van der Waals surface area contributed by atoms with Gasteiger partial charge in [-0.1, -0.05) is 67.2 Å². The second-order valence-electron chi connectivity index (χ2n) is 7.85. The van der Waals surface area contributed by atoms with E-state index in [1.807, 2.05) is 42.1 Å². The van der Waals surface area contributed by atoms with Crippen LogP contribution in [0, 0.1) is 0 Å². The monoisotopic (exact) mass is 455 g/mol. The summed E-state index contributed by atoms with van der Waals surface area (Å²) >= 11 is 7.60. The van der Waals surface area contributed by atoms with Gasteiger partial charge in [0.05, 0.1) is 0 Å². The van der Waals surface area contributed by atoms with Gasteiger partial charge in [-0.2, -0.15) is 4.98 Å². The zero-order valence-corrected chi connectivity index (χ0v) is 19.7. The van der Waals surface area contributed by atoms with Crippen molar-refractivity contribution in [1.29, 1.82) is 0 Å². The Balaban J connectivity index is 1.31. The van der Waals surface area contributed by atoms with Crippen molar-refractivity contribution in [2.24, 2.45) is 7.05 Å². The third-order valence-corrected chi connectivity index (χ3v) is 6.63. The first-order valence-electron chi connectivity index (χ1n) is 10.9. The van der Waals surface area contributed by atoms with Crippen LogP contribution in [0.1, 0.15) is 55.2 Å². The number of aromatic nitrogens is 3. The van der Waals surface area contributed by atoms with Crippen molar-refractivity contribution < 1.29 is 0 Å². The summed E-state index contributed by atoms with van der Waals surface area (Å²) in [6.45, 7) is 0. The summed E-state index contributed by atoms with van der Waals surface area (Å²) in [6.07, 6.45) is 14.5. The van der Waals surface area contributed by atoms with Crippen LogP contribution in [0.5, 0.6) is 0 Å². The molecule has 0 spiro atoms. The third-order valence-electron chi connectivity index (χ3n) is 5.24. The van der Waals surface area contributed by atoms with Gasteiger partial charge in [-0.25, -0.2) is 0 Å². The molecule has 0 saturated carbocycles. The first-order valence-corrected chi connectivity index (χ1v) is 12.3. The van der Waals surface area contributed by atoms with E-state index in [0.717, 1.165) is 34.3 Å². The summed E-state index contributed by atoms with van der Waals surface area (Å²) in [6, 6.07) is 12.0. The second kappa shape index (κ2) is 12.7. The van der Waals surface area contributed by atoms with E-state index in [2.05, 4.69) is 22.1 Å². The highest BCUT2D eigenvalue weighted by atomic mass is 35.5. The van der Waals surface area contributed by atoms with Crippen LogP contribution >= 0.6 is 23.4 Å². The molecule has 0 bridgehead atoms. The van der Waals surface area contributed by atoms with E-state index >= 15 is 0 Å². The van der Waals surface area contributed by atoms with Crippen LogP contribution in [-0.2, 0) is 19.9 Å². The number of rotatable bonds is 12. The van der Waals surface area contributed by atoms with Gasteiger partial charge >= 0.3 is 0 Å². The molecular formula is C25H30ClN3OS. The van der Waals surface area contributed by atoms with Gasteiger partial charge in [0.15, 0.2) is 5.16 Å². The maximum Gasteiger partial charge on any atom is 0.277 e. The van der Waals surface area contributed by atoms with E-state index < -0.39 is 0 Å². The van der Waals surface area contributed by atoms with E-state index in [-0.39, 0.29) is 5.56 Å². The molecular weight excluding hydrogens is 426 g/mol. The molecule has 0 aliphatic rings. The first-order chi connectivity index (χ1) is 15.1. The number of halogens is 1. The van der Waals surface area contributed by atoms with Crippen molar-refractivity contribution in [3.63, 3.8) is 0 Å². The molecule has 0 aliphatic carbocycles. The van der Waals surface area contributed by atoms with E-state index in [9.17, 15) is 4.79 Å². The Morgan fingerprint density at radius 3 is 2.45 bits per heavy atom. The lowest BCUT2D eigenvalue weighted by atomic mass is 10.1. The molecule has 0 atom stereocenters. The number of hydrogen-bond acceptors (Lipinski definition) is 4. The van der Waals surface area contributed by atoms with Gasteiger partial charge in [0.2, 0.25) is 0 Å². The molecule has 1 aromatic carbocycles. The highest BCUT2D eigenvalue weighted by molar-refractivity contribution is 7.99. The van der Waals surface area contributed by atoms with E-state index in [4.69, 9.17) is 11.6 Å². The van der Waals surface area contributed by atoms with E-state index in [1.54, 1.807) is 24.2 Å². The Morgan fingerprint density at radius 1 is 0.968 bits per heavy atom. The fourth-order valence-corrected chi connectivity index (χ4v) is 4.57. The molecule has 0 unspecified atom stereocenters. The van der Waals surface area contributed by atoms with Gasteiger partial charge < -0.3 is 4.57 Å². The predicted octanol–water partition coefficient (Wildman–Crippen LogP) is 6.09. The summed E-state index contributed by atoms with van der Waals surface area (Å²) in [5, 5.41) is 1.60. The Kier molecular flexibility index (Phi) is 9.63. The molecule has 0 amide bonds. The standard InChI is InChI=1S/C25H30ClN3OS/c1-29-19-22(17-21-10-8-15-27-18-21)24(30)28-25(29)31-16-7-5-3-2-4-6-9-20-11-13-23(26)14-12-20/h8,10-15,18-19H,2-7,9,16-17H2,1H3. The van der Waals surface area contributed by atoms with Crippen molar-refractivity contribution in [1.82, 2.24) is 14.5 Å². The van der Waals surface area contributed by atoms with Gasteiger partial charge in [-0.3, -0.25) is 9.78 Å². The number of aryl methyl sites for hydroxylation is 2. The fraction of sp³-hybridized carbons (Fsp3) is 0.400. The predicted molar refractivity (Wildman–Crippen MR) is 130 cm³/mol. The quantitative estimate of drug-likeness (QED) is 0.188. The Morgan fingerprint density at radius 2 is 1.71 bits per heavy atom. The topological polar surface area (TPSA) is 47.8 Å². The molecule has 0 radical (unpaired) electrons. The van der Waals surface area contributed by atoms with Gasteiger partial charge in [0, 0.05) is 48.4 Å². The van der Waals surface area contributed by atoms with Crippen molar-refractivity contribution in [3.05, 3.63) is 87.1 Å². The first kappa shape index (κ1) is 23.6. The average molecular weight is 456 g/mol. The highest BCUT2D eigenvalue weighted by Gasteiger charge is 2.08. The minimum atomic E-state index is -0.134. The molecule has 3 rings (SSSR count). The molecule has 3 aromatic rings. The van der Waals surface area contributed by atoms with Crippen molar-refractivity contribution >= 4 is 23.4 Å². The molecule has 31 heavy (non-hydrogen) atoms. The van der Waals surface area contributed by atoms with E-state index in [0.29, 0.717) is 12.0 Å². The second-order valence-corrected chi connectivity index (χ2v) is 9.35. The average Bonchev–Trinajstić information content (AvgIpc) is 2.77. The van der Waals surface area contributed by atoms with Gasteiger partial charge in [0.25, 0.3) is 5.56 Å². The summed E-state index contributed by atoms with van der Waals surface area (Å²) in [7, 11) is 1.96. The van der Waals surface area contributed by atoms with Gasteiger partial charge in [-0.15, -0.1) is 0 Å². The van der Waals surface area contributed by atoms with Crippen LogP contribution in [0.2, 0.25) is 5.02 Å². The number of thioether (sulfide) groups is 1. The van der Waals surface area contributed by atoms with Crippen LogP contribution in [0.15, 0.2) is 64.9 Å². The largest absolute Gasteiger partial charge is 0.330 e. The normalized spacial score (nSPS) is 11.0. The van der Waals surface area contributed by atoms with Crippen LogP contribution in [0.4, 0.5) is 0 Å². The van der Waals surface area contributed by atoms with Crippen molar-refractivity contribution in [3.8, 4) is 0 Å². The van der Waals surface area contributed by atoms with Crippen LogP contribution in [0.3, 0.4) is 0 Å². The zero-order chi connectivity index (χ0) is 21.9. The molecule has 0 fully saturated rings. The maximum absolute atomic E-state index is 12.4. The minimum absolute atomic E-state index is 0.134. The number of benzene rings is 1. The number of nitrogens with zero attached hydrogens (tertiary/aromatic N) is 3. The van der Waals surface area contributed by atoms with Crippen LogP contribution in [-0.4, -0.2) is 20.3 Å². The summed E-state index contributed by atoms with van der Waals surface area (Å²) in [4.78, 5) is 20.8. The molecule has 6 heteroatoms. The summed E-state index contributed by atoms with van der Waals surface area (Å²) in [5.74, 6) is 0.993. The smallest absolute Gasteiger partial charge is 0.277 e. The highest BCUT2D eigenvalue weighted by Crippen LogP contribution is 2.18. The van der Waals surface area contributed by atoms with Gasteiger partial charge in [0.1, 0.15) is 0 Å². The lowest BCUT2D eigenvalue weighted by molar-refractivity contribution is 0.609. The Hall–Kier alpha value is -2.11. The number of hydrogen-bond donors (Lipinski definition) is 0. The van der Waals surface area contributed by atoms with Gasteiger partial charge in [-0.05, 0) is 48.6 Å². The minimum Gasteiger partial charge on any atom is -0.330 e. The SMILES string of the molecule is Cn1cc(Cc2cccnc2)c(=O)nc1SCCCCCCCCc1ccc(Cl)cc1. The van der Waals surface area contributed by atoms with Crippen molar-refractivity contribution in [2.75, 3.05) is 5.75 Å². The molecule has 0 saturated heterocycles. The van der Waals surface area contributed by atoms with Crippen LogP contribution < -0.4 is 5.56 Å². The Bertz CT molecular complexity index is 990. The number of unbranched alkanes of at least 4 members (excludes halogenated alkanes) is 5. The zero-order valence-electron chi connectivity index (χ0n) is 18.1. The van der Waals surface area contributed by atoms with Crippen molar-refractivity contribution in [2.45, 2.75) is 56.5 Å².